The van der Waals surface area contributed by atoms with Crippen LogP contribution in [0.15, 0.2) is 29.8 Å². The number of nitrogens with zero attached hydrogens (tertiary/aromatic N) is 2. The molecule has 7 nitrogen and oxygen atoms in total. The summed E-state index contributed by atoms with van der Waals surface area (Å²) >= 11 is 1.59. The van der Waals surface area contributed by atoms with E-state index < -0.39 is 4.92 Å². The Kier molecular flexibility index (Phi) is 4.49. The van der Waals surface area contributed by atoms with E-state index in [0.717, 1.165) is 5.01 Å². The molecular formula is C12H15N5O2S. The number of hydrogen-bond acceptors (Lipinski definition) is 7. The Morgan fingerprint density at radius 2 is 2.20 bits per heavy atom. The third-order valence-electron chi connectivity index (χ3n) is 2.78. The predicted octanol–water partition coefficient (Wildman–Crippen LogP) is 2.55. The van der Waals surface area contributed by atoms with Crippen molar-refractivity contribution in [1.29, 1.82) is 0 Å². The lowest BCUT2D eigenvalue weighted by molar-refractivity contribution is -0.384. The molecule has 2 aromatic rings. The standard InChI is InChI=1S/C12H15N5O2S/c1-8(12-14-2-3-20-12)7-15-9-4-10(16-13)6-11(5-9)17(18)19/h2-6,8,15-16H,7,13H2,1H3. The summed E-state index contributed by atoms with van der Waals surface area (Å²) in [5, 5.41) is 17.0. The van der Waals surface area contributed by atoms with Crippen LogP contribution in [-0.2, 0) is 0 Å². The van der Waals surface area contributed by atoms with Gasteiger partial charge in [-0.2, -0.15) is 0 Å². The van der Waals surface area contributed by atoms with Gasteiger partial charge in [-0.25, -0.2) is 4.98 Å². The van der Waals surface area contributed by atoms with Crippen molar-refractivity contribution < 1.29 is 4.92 Å². The highest BCUT2D eigenvalue weighted by Crippen LogP contribution is 2.25. The van der Waals surface area contributed by atoms with E-state index >= 15 is 0 Å². The summed E-state index contributed by atoms with van der Waals surface area (Å²) < 4.78 is 0. The molecule has 0 fully saturated rings. The van der Waals surface area contributed by atoms with Crippen molar-refractivity contribution in [3.05, 3.63) is 44.9 Å². The largest absolute Gasteiger partial charge is 0.384 e. The highest BCUT2D eigenvalue weighted by atomic mass is 32.1. The number of thiazole rings is 1. The second-order valence-electron chi connectivity index (χ2n) is 4.32. The van der Waals surface area contributed by atoms with Crippen molar-refractivity contribution in [2.75, 3.05) is 17.3 Å². The van der Waals surface area contributed by atoms with E-state index in [1.165, 1.54) is 12.1 Å². The zero-order valence-corrected chi connectivity index (χ0v) is 11.7. The first-order valence-corrected chi connectivity index (χ1v) is 6.87. The second kappa shape index (κ2) is 6.31. The Hall–Kier alpha value is -2.19. The number of hydrogen-bond donors (Lipinski definition) is 3. The molecule has 0 aliphatic carbocycles. The Balaban J connectivity index is 2.09. The Morgan fingerprint density at radius 1 is 1.45 bits per heavy atom. The van der Waals surface area contributed by atoms with Crippen LogP contribution >= 0.6 is 11.3 Å². The van der Waals surface area contributed by atoms with Gasteiger partial charge in [-0.15, -0.1) is 11.3 Å². The summed E-state index contributed by atoms with van der Waals surface area (Å²) in [7, 11) is 0. The lowest BCUT2D eigenvalue weighted by atomic mass is 10.2. The van der Waals surface area contributed by atoms with Crippen molar-refractivity contribution in [1.82, 2.24) is 4.98 Å². The van der Waals surface area contributed by atoms with Gasteiger partial charge in [0.1, 0.15) is 0 Å². The van der Waals surface area contributed by atoms with E-state index in [2.05, 4.69) is 15.7 Å². The van der Waals surface area contributed by atoms with Crippen LogP contribution < -0.4 is 16.6 Å². The normalized spacial score (nSPS) is 11.9. The lowest BCUT2D eigenvalue weighted by Crippen LogP contribution is -2.11. The Labute approximate surface area is 120 Å². The summed E-state index contributed by atoms with van der Waals surface area (Å²) in [6.45, 7) is 2.68. The van der Waals surface area contributed by atoms with Gasteiger partial charge in [0.15, 0.2) is 0 Å². The number of nitro groups is 1. The fraction of sp³-hybridized carbons (Fsp3) is 0.250. The molecule has 0 aliphatic rings. The molecule has 1 unspecified atom stereocenters. The lowest BCUT2D eigenvalue weighted by Gasteiger charge is -2.12. The summed E-state index contributed by atoms with van der Waals surface area (Å²) in [6.07, 6.45) is 1.76. The molecule has 1 aromatic heterocycles. The fourth-order valence-electron chi connectivity index (χ4n) is 1.74. The molecule has 2 rings (SSSR count). The molecule has 0 aliphatic heterocycles. The molecule has 20 heavy (non-hydrogen) atoms. The zero-order valence-electron chi connectivity index (χ0n) is 10.9. The SMILES string of the molecule is CC(CNc1cc(NN)cc([N+](=O)[O-])c1)c1nccs1. The molecule has 4 N–H and O–H groups in total. The smallest absolute Gasteiger partial charge is 0.273 e. The number of rotatable bonds is 6. The van der Waals surface area contributed by atoms with Crippen LogP contribution in [0, 0.1) is 10.1 Å². The number of anilines is 2. The number of hydrazine groups is 1. The van der Waals surface area contributed by atoms with E-state index in [1.54, 1.807) is 23.6 Å². The van der Waals surface area contributed by atoms with Crippen molar-refractivity contribution in [3.8, 4) is 0 Å². The minimum Gasteiger partial charge on any atom is -0.384 e. The first-order chi connectivity index (χ1) is 9.60. The van der Waals surface area contributed by atoms with Gasteiger partial charge in [0, 0.05) is 41.9 Å². The summed E-state index contributed by atoms with van der Waals surface area (Å²) in [4.78, 5) is 14.6. The van der Waals surface area contributed by atoms with E-state index in [0.29, 0.717) is 17.9 Å². The molecule has 106 valence electrons. The van der Waals surface area contributed by atoms with Gasteiger partial charge in [0.2, 0.25) is 0 Å². The van der Waals surface area contributed by atoms with Crippen LogP contribution in [0.3, 0.4) is 0 Å². The van der Waals surface area contributed by atoms with Gasteiger partial charge in [0.25, 0.3) is 5.69 Å². The third-order valence-corrected chi connectivity index (χ3v) is 3.79. The Morgan fingerprint density at radius 3 is 2.80 bits per heavy atom. The van der Waals surface area contributed by atoms with E-state index in [-0.39, 0.29) is 11.6 Å². The first kappa shape index (κ1) is 14.2. The molecule has 0 spiro atoms. The average molecular weight is 293 g/mol. The maximum absolute atomic E-state index is 10.8. The highest BCUT2D eigenvalue weighted by molar-refractivity contribution is 7.09. The molecule has 0 amide bonds. The summed E-state index contributed by atoms with van der Waals surface area (Å²) in [5.74, 6) is 5.54. The van der Waals surface area contributed by atoms with Crippen LogP contribution in [0.4, 0.5) is 17.1 Å². The van der Waals surface area contributed by atoms with Gasteiger partial charge in [-0.05, 0) is 6.07 Å². The second-order valence-corrected chi connectivity index (χ2v) is 5.25. The Bertz CT molecular complexity index is 588. The third kappa shape index (κ3) is 3.43. The van der Waals surface area contributed by atoms with Gasteiger partial charge in [-0.3, -0.25) is 16.0 Å². The maximum Gasteiger partial charge on any atom is 0.273 e. The first-order valence-electron chi connectivity index (χ1n) is 5.99. The molecule has 1 aromatic carbocycles. The summed E-state index contributed by atoms with van der Waals surface area (Å²) in [5.41, 5.74) is 3.55. The van der Waals surface area contributed by atoms with Crippen molar-refractivity contribution in [2.24, 2.45) is 5.84 Å². The molecule has 0 saturated carbocycles. The minimum absolute atomic E-state index is 0.00940. The van der Waals surface area contributed by atoms with Gasteiger partial charge in [0.05, 0.1) is 15.6 Å². The molecular weight excluding hydrogens is 278 g/mol. The van der Waals surface area contributed by atoms with Gasteiger partial charge >= 0.3 is 0 Å². The molecule has 0 radical (unpaired) electrons. The highest BCUT2D eigenvalue weighted by Gasteiger charge is 2.11. The van der Waals surface area contributed by atoms with Crippen molar-refractivity contribution >= 4 is 28.4 Å². The van der Waals surface area contributed by atoms with E-state index in [9.17, 15) is 10.1 Å². The number of nitro benzene ring substituents is 1. The molecule has 0 saturated heterocycles. The molecule has 1 atom stereocenters. The topological polar surface area (TPSA) is 106 Å². The number of nitrogens with one attached hydrogen (secondary N) is 2. The van der Waals surface area contributed by atoms with Crippen LogP contribution in [0.1, 0.15) is 17.8 Å². The van der Waals surface area contributed by atoms with Crippen molar-refractivity contribution in [2.45, 2.75) is 12.8 Å². The minimum atomic E-state index is -0.448. The van der Waals surface area contributed by atoms with Crippen LogP contribution in [0.2, 0.25) is 0 Å². The monoisotopic (exact) mass is 293 g/mol. The number of benzene rings is 1. The van der Waals surface area contributed by atoms with Gasteiger partial charge in [-0.1, -0.05) is 6.92 Å². The maximum atomic E-state index is 10.8. The molecule has 1 heterocycles. The summed E-state index contributed by atoms with van der Waals surface area (Å²) in [6, 6.07) is 4.59. The number of nitrogens with two attached hydrogens (primary N) is 1. The van der Waals surface area contributed by atoms with Crippen LogP contribution in [0.25, 0.3) is 0 Å². The van der Waals surface area contributed by atoms with E-state index in [1.807, 2.05) is 12.3 Å². The van der Waals surface area contributed by atoms with Crippen LogP contribution in [-0.4, -0.2) is 16.5 Å². The molecule has 8 heteroatoms. The number of nitrogen functional groups attached to an aromatic ring is 1. The van der Waals surface area contributed by atoms with E-state index in [4.69, 9.17) is 5.84 Å². The van der Waals surface area contributed by atoms with Crippen molar-refractivity contribution in [3.63, 3.8) is 0 Å². The quantitative estimate of drug-likeness (QED) is 0.429. The van der Waals surface area contributed by atoms with Gasteiger partial charge < -0.3 is 10.7 Å². The zero-order chi connectivity index (χ0) is 14.5. The average Bonchev–Trinajstić information content (AvgIpc) is 2.98. The number of non-ortho nitro benzene ring substituents is 1. The predicted molar refractivity (Wildman–Crippen MR) is 79.9 cm³/mol. The number of aromatic nitrogens is 1. The van der Waals surface area contributed by atoms with Crippen LogP contribution in [0.5, 0.6) is 0 Å². The molecule has 0 bridgehead atoms. The fourth-order valence-corrected chi connectivity index (χ4v) is 2.44.